The van der Waals surface area contributed by atoms with E-state index in [0.29, 0.717) is 74.4 Å². The van der Waals surface area contributed by atoms with Crippen LogP contribution in [0.5, 0.6) is 34.5 Å². The molecule has 0 spiro atoms. The fourth-order valence-electron chi connectivity index (χ4n) is 6.79. The summed E-state index contributed by atoms with van der Waals surface area (Å²) in [5.74, 6) is 2.25. The van der Waals surface area contributed by atoms with E-state index < -0.39 is 17.9 Å². The van der Waals surface area contributed by atoms with Crippen molar-refractivity contribution in [2.24, 2.45) is 0 Å². The Labute approximate surface area is 411 Å². The molecular formula is C55H55ClO12S. The largest absolute Gasteiger partial charge is 0.494 e. The summed E-state index contributed by atoms with van der Waals surface area (Å²) in [5, 5.41) is 1.97. The molecule has 1 aliphatic heterocycles. The topological polar surface area (TPSA) is 138 Å². The van der Waals surface area contributed by atoms with Crippen molar-refractivity contribution in [1.29, 1.82) is 0 Å². The molecule has 6 aromatic carbocycles. The summed E-state index contributed by atoms with van der Waals surface area (Å²) in [4.78, 5) is 39.8. The molecule has 0 aromatic heterocycles. The van der Waals surface area contributed by atoms with Crippen molar-refractivity contribution < 1.29 is 57.0 Å². The zero-order chi connectivity index (χ0) is 48.2. The summed E-state index contributed by atoms with van der Waals surface area (Å²) in [6, 6.07) is 34.9. The number of benzene rings is 6. The highest BCUT2D eigenvalue weighted by Crippen LogP contribution is 2.31. The van der Waals surface area contributed by atoms with E-state index in [1.54, 1.807) is 72.4 Å². The maximum Gasteiger partial charge on any atom is 0.343 e. The molecule has 1 saturated heterocycles. The summed E-state index contributed by atoms with van der Waals surface area (Å²) in [6.07, 6.45) is 6.55. The highest BCUT2D eigenvalue weighted by molar-refractivity contribution is 7.99. The van der Waals surface area contributed by atoms with Gasteiger partial charge in [-0.15, -0.1) is 18.3 Å². The fraction of sp³-hybridized carbons (Fsp3) is 0.291. The lowest BCUT2D eigenvalue weighted by atomic mass is 10.1. The molecule has 0 saturated carbocycles. The van der Waals surface area contributed by atoms with Gasteiger partial charge in [-0.3, -0.25) is 0 Å². The summed E-state index contributed by atoms with van der Waals surface area (Å²) < 4.78 is 50.4. The number of esters is 3. The molecule has 69 heavy (non-hydrogen) atoms. The highest BCUT2D eigenvalue weighted by Gasteiger charge is 2.22. The van der Waals surface area contributed by atoms with Gasteiger partial charge in [0, 0.05) is 17.6 Å². The van der Waals surface area contributed by atoms with Crippen LogP contribution in [0, 0.1) is 6.92 Å². The quantitative estimate of drug-likeness (QED) is 0.0115. The van der Waals surface area contributed by atoms with Gasteiger partial charge in [-0.1, -0.05) is 29.8 Å². The van der Waals surface area contributed by atoms with Crippen molar-refractivity contribution in [3.63, 3.8) is 0 Å². The molecule has 1 atom stereocenters. The van der Waals surface area contributed by atoms with E-state index in [1.165, 1.54) is 18.2 Å². The number of thioether (sulfide) groups is 1. The third-order valence-corrected chi connectivity index (χ3v) is 12.0. The van der Waals surface area contributed by atoms with E-state index in [9.17, 15) is 14.4 Å². The molecular weight excluding hydrogens is 920 g/mol. The molecule has 0 amide bonds. The molecule has 0 aliphatic carbocycles. The van der Waals surface area contributed by atoms with Gasteiger partial charge in [-0.05, 0) is 164 Å². The van der Waals surface area contributed by atoms with Crippen LogP contribution in [0.4, 0.5) is 0 Å². The Balaban J connectivity index is 0.753. The van der Waals surface area contributed by atoms with Gasteiger partial charge in [0.2, 0.25) is 0 Å². The summed E-state index contributed by atoms with van der Waals surface area (Å²) in [6.45, 7) is 10.2. The van der Waals surface area contributed by atoms with Crippen molar-refractivity contribution in [3.05, 3.63) is 161 Å². The van der Waals surface area contributed by atoms with Crippen LogP contribution in [-0.2, 0) is 14.2 Å². The normalized spacial score (nSPS) is 12.8. The van der Waals surface area contributed by atoms with Crippen LogP contribution in [0.3, 0.4) is 0 Å². The number of rotatable bonds is 28. The van der Waals surface area contributed by atoms with Crippen LogP contribution in [0.1, 0.15) is 68.7 Å². The first-order chi connectivity index (χ1) is 33.7. The molecule has 6 aromatic rings. The predicted molar refractivity (Wildman–Crippen MR) is 266 cm³/mol. The molecule has 14 heteroatoms. The first-order valence-corrected chi connectivity index (χ1v) is 24.3. The molecule has 1 heterocycles. The standard InChI is InChI=1S/C55H55ClO12S/c1-3-25-60-29-30-63-45-18-13-41-33-43(10-9-42(41)34-45)55(59)66-46-19-23-51(38(2)32-46)64-28-5-4-8-31-69-49-21-14-40(15-22-49)54(58)68-52-24-20-47(35-50(52)56)67-53(57)39-11-16-44(17-12-39)62-27-7-6-26-61-36-48-37-65-48/h3,9-24,32-35,48H,1,4-8,25-31,36-37H2,2H3. The number of aryl methyl sites for hydroxylation is 1. The Morgan fingerprint density at radius 1 is 0.594 bits per heavy atom. The SMILES string of the molecule is C=CCOCCOc1ccc2cc(C(=O)Oc3ccc(OCCCCCSc4ccc(C(=O)Oc5ccc(OC(=O)c6ccc(OCCCCOCC7CO7)cc6)cc5Cl)cc4)c(C)c3)ccc2c1. The molecule has 360 valence electrons. The van der Waals surface area contributed by atoms with Gasteiger partial charge in [0.05, 0.1) is 61.4 Å². The number of ether oxygens (including phenoxy) is 9. The zero-order valence-corrected chi connectivity index (χ0v) is 40.1. The van der Waals surface area contributed by atoms with E-state index in [0.717, 1.165) is 77.2 Å². The minimum absolute atomic E-state index is 0.120. The third-order valence-electron chi connectivity index (χ3n) is 10.6. The first kappa shape index (κ1) is 50.5. The van der Waals surface area contributed by atoms with E-state index in [2.05, 4.69) is 6.58 Å². The molecule has 7 rings (SSSR count). The number of carbonyl (C=O) groups is 3. The van der Waals surface area contributed by atoms with Crippen molar-refractivity contribution >= 4 is 52.0 Å². The van der Waals surface area contributed by atoms with Gasteiger partial charge >= 0.3 is 17.9 Å². The van der Waals surface area contributed by atoms with Gasteiger partial charge < -0.3 is 42.6 Å². The Kier molecular flexibility index (Phi) is 19.3. The zero-order valence-electron chi connectivity index (χ0n) is 38.5. The van der Waals surface area contributed by atoms with Gasteiger partial charge in [0.1, 0.15) is 47.2 Å². The minimum Gasteiger partial charge on any atom is -0.494 e. The molecule has 1 unspecified atom stereocenters. The van der Waals surface area contributed by atoms with Crippen LogP contribution in [0.25, 0.3) is 10.8 Å². The van der Waals surface area contributed by atoms with Gasteiger partial charge in [-0.25, -0.2) is 14.4 Å². The number of halogens is 1. The summed E-state index contributed by atoms with van der Waals surface area (Å²) >= 11 is 8.13. The van der Waals surface area contributed by atoms with E-state index in [-0.39, 0.29) is 22.6 Å². The number of epoxide rings is 1. The number of carbonyl (C=O) groups excluding carboxylic acids is 3. The van der Waals surface area contributed by atoms with Crippen LogP contribution < -0.4 is 28.4 Å². The Morgan fingerprint density at radius 3 is 1.93 bits per heavy atom. The molecule has 1 aliphatic rings. The van der Waals surface area contributed by atoms with Crippen LogP contribution in [0.2, 0.25) is 5.02 Å². The molecule has 0 radical (unpaired) electrons. The Hall–Kier alpha value is -6.35. The summed E-state index contributed by atoms with van der Waals surface area (Å²) in [5.41, 5.74) is 2.04. The second kappa shape index (κ2) is 26.4. The molecule has 0 bridgehead atoms. The fourth-order valence-corrected chi connectivity index (χ4v) is 7.92. The minimum atomic E-state index is -0.564. The maximum atomic E-state index is 13.0. The second-order valence-electron chi connectivity index (χ2n) is 16.0. The van der Waals surface area contributed by atoms with Crippen molar-refractivity contribution in [2.75, 3.05) is 58.6 Å². The van der Waals surface area contributed by atoms with Crippen LogP contribution >= 0.6 is 23.4 Å². The highest BCUT2D eigenvalue weighted by atomic mass is 35.5. The van der Waals surface area contributed by atoms with Crippen molar-refractivity contribution in [1.82, 2.24) is 0 Å². The summed E-state index contributed by atoms with van der Waals surface area (Å²) in [7, 11) is 0. The molecule has 1 fully saturated rings. The number of fused-ring (bicyclic) bond motifs is 1. The van der Waals surface area contributed by atoms with Gasteiger partial charge in [0.25, 0.3) is 0 Å². The van der Waals surface area contributed by atoms with E-state index in [1.807, 2.05) is 55.5 Å². The molecule has 12 nitrogen and oxygen atoms in total. The van der Waals surface area contributed by atoms with Gasteiger partial charge in [-0.2, -0.15) is 0 Å². The van der Waals surface area contributed by atoms with Crippen molar-refractivity contribution in [3.8, 4) is 34.5 Å². The van der Waals surface area contributed by atoms with Gasteiger partial charge in [0.15, 0.2) is 0 Å². The Morgan fingerprint density at radius 2 is 1.19 bits per heavy atom. The van der Waals surface area contributed by atoms with Crippen molar-refractivity contribution in [2.45, 2.75) is 50.0 Å². The number of hydrogen-bond donors (Lipinski definition) is 0. The lowest BCUT2D eigenvalue weighted by Gasteiger charge is -2.11. The average molecular weight is 976 g/mol. The second-order valence-corrected chi connectivity index (χ2v) is 17.6. The number of hydrogen-bond acceptors (Lipinski definition) is 13. The number of unbranched alkanes of at least 4 members (excludes halogenated alkanes) is 3. The lowest BCUT2D eigenvalue weighted by molar-refractivity contribution is 0.0719. The molecule has 0 N–H and O–H groups in total. The monoisotopic (exact) mass is 974 g/mol. The first-order valence-electron chi connectivity index (χ1n) is 22.9. The van der Waals surface area contributed by atoms with E-state index in [4.69, 9.17) is 54.2 Å². The van der Waals surface area contributed by atoms with E-state index >= 15 is 0 Å². The van der Waals surface area contributed by atoms with Crippen LogP contribution in [-0.4, -0.2) is 82.6 Å². The smallest absolute Gasteiger partial charge is 0.343 e. The third kappa shape index (κ3) is 16.4. The predicted octanol–water partition coefficient (Wildman–Crippen LogP) is 12.0. The van der Waals surface area contributed by atoms with Crippen LogP contribution in [0.15, 0.2) is 139 Å². The average Bonchev–Trinajstić information content (AvgIpc) is 4.19. The Bertz CT molecular complexity index is 2650. The lowest BCUT2D eigenvalue weighted by Crippen LogP contribution is -2.10. The maximum absolute atomic E-state index is 13.0.